The first-order chi connectivity index (χ1) is 8.93. The third kappa shape index (κ3) is 6.34. The zero-order valence-electron chi connectivity index (χ0n) is 12.2. The van der Waals surface area contributed by atoms with E-state index in [-0.39, 0.29) is 5.41 Å². The van der Waals surface area contributed by atoms with Gasteiger partial charge in [0.1, 0.15) is 17.0 Å². The second kappa shape index (κ2) is 7.80. The van der Waals surface area contributed by atoms with Crippen LogP contribution in [0.2, 0.25) is 0 Å². The van der Waals surface area contributed by atoms with Gasteiger partial charge in [0, 0.05) is 18.1 Å². The van der Waals surface area contributed by atoms with Gasteiger partial charge in [-0.1, -0.05) is 34.1 Å². The van der Waals surface area contributed by atoms with Gasteiger partial charge < -0.3 is 9.47 Å². The van der Waals surface area contributed by atoms with Crippen LogP contribution in [0, 0.1) is 0 Å². The Morgan fingerprint density at radius 3 is 2.53 bits per heavy atom. The summed E-state index contributed by atoms with van der Waals surface area (Å²) in [7, 11) is 0. The van der Waals surface area contributed by atoms with Crippen LogP contribution in [0.15, 0.2) is 10.7 Å². The molecular weight excluding hydrogens is 308 g/mol. The molecule has 0 bridgehead atoms. The SMILES string of the molecule is CCCCOCCOc1cc(Br)nc(C(C)(C)C)n1. The lowest BCUT2D eigenvalue weighted by Crippen LogP contribution is -2.17. The van der Waals surface area contributed by atoms with E-state index in [1.54, 1.807) is 6.07 Å². The predicted molar refractivity (Wildman–Crippen MR) is 79.7 cm³/mol. The van der Waals surface area contributed by atoms with E-state index >= 15 is 0 Å². The summed E-state index contributed by atoms with van der Waals surface area (Å²) in [5.74, 6) is 1.36. The maximum atomic E-state index is 5.60. The molecule has 1 aromatic rings. The molecule has 0 radical (unpaired) electrons. The number of aromatic nitrogens is 2. The van der Waals surface area contributed by atoms with E-state index in [1.165, 1.54) is 0 Å². The zero-order valence-corrected chi connectivity index (χ0v) is 13.8. The molecule has 0 spiro atoms. The van der Waals surface area contributed by atoms with E-state index in [4.69, 9.17) is 9.47 Å². The van der Waals surface area contributed by atoms with Gasteiger partial charge in [0.05, 0.1) is 6.61 Å². The molecule has 0 N–H and O–H groups in total. The summed E-state index contributed by atoms with van der Waals surface area (Å²) in [4.78, 5) is 8.79. The highest BCUT2D eigenvalue weighted by molar-refractivity contribution is 9.10. The van der Waals surface area contributed by atoms with Crippen molar-refractivity contribution in [1.29, 1.82) is 0 Å². The molecule has 0 aliphatic rings. The van der Waals surface area contributed by atoms with Gasteiger partial charge >= 0.3 is 0 Å². The van der Waals surface area contributed by atoms with Gasteiger partial charge in [0.25, 0.3) is 0 Å². The van der Waals surface area contributed by atoms with Crippen LogP contribution < -0.4 is 4.74 Å². The van der Waals surface area contributed by atoms with Crippen LogP contribution in [0.3, 0.4) is 0 Å². The summed E-state index contributed by atoms with van der Waals surface area (Å²) in [6.07, 6.45) is 2.24. The van der Waals surface area contributed by atoms with E-state index in [0.717, 1.165) is 29.9 Å². The molecule has 0 unspecified atom stereocenters. The van der Waals surface area contributed by atoms with E-state index in [0.29, 0.717) is 19.1 Å². The summed E-state index contributed by atoms with van der Waals surface area (Å²) in [6.45, 7) is 10.3. The van der Waals surface area contributed by atoms with Crippen LogP contribution in [0.25, 0.3) is 0 Å². The average molecular weight is 331 g/mol. The van der Waals surface area contributed by atoms with Crippen LogP contribution in [-0.2, 0) is 10.2 Å². The molecule has 4 nitrogen and oxygen atoms in total. The van der Waals surface area contributed by atoms with Crippen LogP contribution >= 0.6 is 15.9 Å². The third-order valence-electron chi connectivity index (χ3n) is 2.46. The number of hydrogen-bond acceptors (Lipinski definition) is 4. The van der Waals surface area contributed by atoms with E-state index in [2.05, 4.69) is 53.6 Å². The van der Waals surface area contributed by atoms with Crippen molar-refractivity contribution in [3.8, 4) is 5.88 Å². The largest absolute Gasteiger partial charge is 0.475 e. The number of ether oxygens (including phenoxy) is 2. The molecule has 108 valence electrons. The summed E-state index contributed by atoms with van der Waals surface area (Å²) in [6, 6.07) is 1.78. The van der Waals surface area contributed by atoms with Crippen molar-refractivity contribution in [1.82, 2.24) is 9.97 Å². The lowest BCUT2D eigenvalue weighted by molar-refractivity contribution is 0.0962. The fourth-order valence-corrected chi connectivity index (χ4v) is 1.72. The molecule has 1 heterocycles. The highest BCUT2D eigenvalue weighted by Crippen LogP contribution is 2.23. The van der Waals surface area contributed by atoms with Crippen molar-refractivity contribution < 1.29 is 9.47 Å². The molecule has 19 heavy (non-hydrogen) atoms. The van der Waals surface area contributed by atoms with Crippen molar-refractivity contribution in [3.05, 3.63) is 16.5 Å². The lowest BCUT2D eigenvalue weighted by atomic mass is 9.96. The van der Waals surface area contributed by atoms with Gasteiger partial charge in [-0.15, -0.1) is 0 Å². The van der Waals surface area contributed by atoms with Crippen LogP contribution in [0.5, 0.6) is 5.88 Å². The summed E-state index contributed by atoms with van der Waals surface area (Å²) in [5.41, 5.74) is -0.0977. The number of rotatable bonds is 7. The number of halogens is 1. The smallest absolute Gasteiger partial charge is 0.217 e. The monoisotopic (exact) mass is 330 g/mol. The Hall–Kier alpha value is -0.680. The summed E-state index contributed by atoms with van der Waals surface area (Å²) < 4.78 is 11.8. The number of unbranched alkanes of at least 4 members (excludes halogenated alkanes) is 1. The maximum Gasteiger partial charge on any atom is 0.217 e. The maximum absolute atomic E-state index is 5.60. The second-order valence-electron chi connectivity index (χ2n) is 5.42. The number of hydrogen-bond donors (Lipinski definition) is 0. The van der Waals surface area contributed by atoms with Crippen molar-refractivity contribution in [3.63, 3.8) is 0 Å². The topological polar surface area (TPSA) is 44.2 Å². The lowest BCUT2D eigenvalue weighted by Gasteiger charge is -2.17. The Labute approximate surface area is 124 Å². The molecule has 0 aromatic carbocycles. The summed E-state index contributed by atoms with van der Waals surface area (Å²) in [5, 5.41) is 0. The molecule has 0 aliphatic heterocycles. The van der Waals surface area contributed by atoms with Crippen molar-refractivity contribution in [2.24, 2.45) is 0 Å². The van der Waals surface area contributed by atoms with Gasteiger partial charge in [-0.2, -0.15) is 4.98 Å². The van der Waals surface area contributed by atoms with Crippen LogP contribution in [0.1, 0.15) is 46.4 Å². The minimum Gasteiger partial charge on any atom is -0.475 e. The molecule has 1 aromatic heterocycles. The van der Waals surface area contributed by atoms with Crippen molar-refractivity contribution >= 4 is 15.9 Å². The first-order valence-electron chi connectivity index (χ1n) is 6.69. The summed E-state index contributed by atoms with van der Waals surface area (Å²) >= 11 is 3.39. The van der Waals surface area contributed by atoms with Crippen LogP contribution in [-0.4, -0.2) is 29.8 Å². The normalized spacial score (nSPS) is 11.6. The molecule has 0 saturated carbocycles. The minimum absolute atomic E-state index is 0.0977. The van der Waals surface area contributed by atoms with E-state index in [9.17, 15) is 0 Å². The molecule has 5 heteroatoms. The first-order valence-corrected chi connectivity index (χ1v) is 7.48. The third-order valence-corrected chi connectivity index (χ3v) is 2.87. The predicted octanol–water partition coefficient (Wildman–Crippen LogP) is 3.73. The second-order valence-corrected chi connectivity index (χ2v) is 6.23. The Kier molecular flexibility index (Phi) is 6.72. The molecule has 0 atom stereocenters. The van der Waals surface area contributed by atoms with Crippen molar-refractivity contribution in [2.75, 3.05) is 19.8 Å². The van der Waals surface area contributed by atoms with Gasteiger partial charge in [-0.3, -0.25) is 0 Å². The molecule has 0 fully saturated rings. The van der Waals surface area contributed by atoms with E-state index in [1.807, 2.05) is 0 Å². The van der Waals surface area contributed by atoms with Gasteiger partial charge in [-0.25, -0.2) is 4.98 Å². The van der Waals surface area contributed by atoms with Gasteiger partial charge in [0.2, 0.25) is 5.88 Å². The quantitative estimate of drug-likeness (QED) is 0.564. The van der Waals surface area contributed by atoms with Gasteiger partial charge in [0.15, 0.2) is 0 Å². The Morgan fingerprint density at radius 1 is 1.16 bits per heavy atom. The zero-order chi connectivity index (χ0) is 14.3. The Balaban J connectivity index is 2.48. The highest BCUT2D eigenvalue weighted by atomic mass is 79.9. The average Bonchev–Trinajstić information content (AvgIpc) is 2.32. The number of nitrogens with zero attached hydrogens (tertiary/aromatic N) is 2. The Bertz CT molecular complexity index is 392. The first kappa shape index (κ1) is 16.4. The molecule has 1 rings (SSSR count). The molecule has 0 saturated heterocycles. The molecular formula is C14H23BrN2O2. The van der Waals surface area contributed by atoms with Crippen LogP contribution in [0.4, 0.5) is 0 Å². The fraction of sp³-hybridized carbons (Fsp3) is 0.714. The highest BCUT2D eigenvalue weighted by Gasteiger charge is 2.19. The fourth-order valence-electron chi connectivity index (χ4n) is 1.36. The van der Waals surface area contributed by atoms with Crippen molar-refractivity contribution in [2.45, 2.75) is 46.0 Å². The Morgan fingerprint density at radius 2 is 1.89 bits per heavy atom. The standard InChI is InChI=1S/C14H23BrN2O2/c1-5-6-7-18-8-9-19-12-10-11(15)16-13(17-12)14(2,3)4/h10H,5-9H2,1-4H3. The molecule has 0 amide bonds. The van der Waals surface area contributed by atoms with Gasteiger partial charge in [-0.05, 0) is 22.4 Å². The minimum atomic E-state index is -0.0977. The molecule has 0 aliphatic carbocycles. The van der Waals surface area contributed by atoms with E-state index < -0.39 is 0 Å².